The van der Waals surface area contributed by atoms with E-state index in [1.807, 2.05) is 60.7 Å². The van der Waals surface area contributed by atoms with Crippen LogP contribution in [0.4, 0.5) is 11.4 Å². The standard InChI is InChI=1S/C42H48N12O7/c43-34(55)21-32-40(60)51-28(37(45)57)13-5-4-8-23-15-17-24(18-16-23)30-20-31(49-25-9-2-1-3-10-25)26-11-6-12-27(36(26)50-30)38(58)52-29(14-7-19-48-42(46)47)39(59)53-33(22-35(44)56)41(61)54-32/h1-6,9-12,15-18,20,28-29,32-33H,7-8,13-14,19,21-22H2,(H2,43,55)(H2,44,56)(H2,45,57)(H,49,50)(H,51,60)(H,52,58)(H,53,59)(H,54,61)(H4,46,47,48)/b5-4+/t28-,29-,32-,33-/m0/s1. The molecule has 3 heterocycles. The number of pyridine rings is 1. The molecule has 0 saturated heterocycles. The second kappa shape index (κ2) is 20.7. The summed E-state index contributed by atoms with van der Waals surface area (Å²) < 4.78 is 0. The highest BCUT2D eigenvalue weighted by Gasteiger charge is 2.33. The van der Waals surface area contributed by atoms with Crippen molar-refractivity contribution in [1.29, 1.82) is 0 Å². The molecule has 0 saturated carbocycles. The maximum Gasteiger partial charge on any atom is 0.254 e. The summed E-state index contributed by atoms with van der Waals surface area (Å²) in [6.45, 7) is 0.0751. The third kappa shape index (κ3) is 12.6. The summed E-state index contributed by atoms with van der Waals surface area (Å²) >= 11 is 0. The maximum absolute atomic E-state index is 14.3. The van der Waals surface area contributed by atoms with Crippen LogP contribution < -0.4 is 55.3 Å². The fraction of sp³-hybridized carbons (Fsp3) is 0.262. The van der Waals surface area contributed by atoms with E-state index in [0.29, 0.717) is 28.7 Å². The molecular formula is C42H48N12O7. The van der Waals surface area contributed by atoms with E-state index in [9.17, 15) is 33.6 Å². The van der Waals surface area contributed by atoms with E-state index in [2.05, 4.69) is 31.6 Å². The third-order valence-electron chi connectivity index (χ3n) is 9.58. The molecule has 2 aliphatic heterocycles. The van der Waals surface area contributed by atoms with Gasteiger partial charge in [-0.25, -0.2) is 4.98 Å². The van der Waals surface area contributed by atoms with E-state index in [0.717, 1.165) is 16.8 Å². The summed E-state index contributed by atoms with van der Waals surface area (Å²) in [7, 11) is 0. The van der Waals surface area contributed by atoms with Gasteiger partial charge < -0.3 is 55.3 Å². The number of allylic oxidation sites excluding steroid dienone is 1. The highest BCUT2D eigenvalue weighted by atomic mass is 16.2. The van der Waals surface area contributed by atoms with Crippen LogP contribution in [0.15, 0.2) is 96.0 Å². The smallest absolute Gasteiger partial charge is 0.254 e. The van der Waals surface area contributed by atoms with Crippen molar-refractivity contribution in [3.8, 4) is 11.3 Å². The number of nitrogens with zero attached hydrogens (tertiary/aromatic N) is 2. The first-order valence-corrected chi connectivity index (χ1v) is 19.3. The first-order chi connectivity index (χ1) is 29.2. The number of carbonyl (C=O) groups is 7. The molecule has 7 amide bonds. The van der Waals surface area contributed by atoms with Crippen LogP contribution in [-0.2, 0) is 35.2 Å². The average Bonchev–Trinajstić information content (AvgIpc) is 3.21. The number of aromatic nitrogens is 1. The molecule has 0 fully saturated rings. The van der Waals surface area contributed by atoms with Crippen molar-refractivity contribution < 1.29 is 33.6 Å². The van der Waals surface area contributed by atoms with E-state index in [1.165, 1.54) is 0 Å². The van der Waals surface area contributed by atoms with Gasteiger partial charge in [0.05, 0.1) is 35.3 Å². The molecule has 19 nitrogen and oxygen atoms in total. The fourth-order valence-corrected chi connectivity index (χ4v) is 6.52. The van der Waals surface area contributed by atoms with Crippen molar-refractivity contribution >= 4 is 69.6 Å². The van der Waals surface area contributed by atoms with Crippen molar-refractivity contribution in [2.45, 2.75) is 62.7 Å². The number of para-hydroxylation sites is 2. The number of hydrogen-bond acceptors (Lipinski definition) is 10. The van der Waals surface area contributed by atoms with Crippen molar-refractivity contribution in [2.24, 2.45) is 33.7 Å². The molecule has 1 aromatic heterocycles. The minimum Gasteiger partial charge on any atom is -0.370 e. The number of nitrogens with two attached hydrogens (primary N) is 5. The number of benzene rings is 3. The van der Waals surface area contributed by atoms with Crippen molar-refractivity contribution in [3.63, 3.8) is 0 Å². The van der Waals surface area contributed by atoms with Gasteiger partial charge in [0.15, 0.2) is 5.96 Å². The van der Waals surface area contributed by atoms with Gasteiger partial charge >= 0.3 is 0 Å². The Labute approximate surface area is 350 Å². The topological polar surface area (TPSA) is 335 Å². The summed E-state index contributed by atoms with van der Waals surface area (Å²) in [6.07, 6.45) is 2.49. The zero-order valence-corrected chi connectivity index (χ0v) is 33.1. The lowest BCUT2D eigenvalue weighted by atomic mass is 10.0. The van der Waals surface area contributed by atoms with Gasteiger partial charge in [0.2, 0.25) is 35.4 Å². The summed E-state index contributed by atoms with van der Waals surface area (Å²) in [5, 5.41) is 14.0. The number of fused-ring (bicyclic) bond motifs is 16. The van der Waals surface area contributed by atoms with E-state index < -0.39 is 78.4 Å². The summed E-state index contributed by atoms with van der Waals surface area (Å²) in [5.74, 6) is -6.79. The molecule has 0 spiro atoms. The number of aliphatic imine (C=N–C) groups is 1. The monoisotopic (exact) mass is 832 g/mol. The second-order valence-electron chi connectivity index (χ2n) is 14.3. The fourth-order valence-electron chi connectivity index (χ4n) is 6.52. The van der Waals surface area contributed by atoms with Gasteiger partial charge in [-0.05, 0) is 55.5 Å². The second-order valence-corrected chi connectivity index (χ2v) is 14.3. The molecule has 6 rings (SSSR count). The minimum atomic E-state index is -1.70. The van der Waals surface area contributed by atoms with E-state index in [1.54, 1.807) is 30.4 Å². The lowest BCUT2D eigenvalue weighted by Gasteiger charge is -2.25. The van der Waals surface area contributed by atoms with Crippen LogP contribution >= 0.6 is 0 Å². The van der Waals surface area contributed by atoms with Crippen LogP contribution in [-0.4, -0.2) is 83.0 Å². The van der Waals surface area contributed by atoms with Crippen molar-refractivity contribution in [1.82, 2.24) is 26.3 Å². The largest absolute Gasteiger partial charge is 0.370 e. The number of anilines is 2. The summed E-state index contributed by atoms with van der Waals surface area (Å²) in [4.78, 5) is 101. The van der Waals surface area contributed by atoms with Gasteiger partial charge in [0.25, 0.3) is 5.91 Å². The normalized spacial score (nSPS) is 19.3. The Balaban J connectivity index is 1.62. The Bertz CT molecular complexity index is 2350. The van der Waals surface area contributed by atoms with Gasteiger partial charge in [-0.15, -0.1) is 0 Å². The first-order valence-electron chi connectivity index (χ1n) is 19.3. The molecular weight excluding hydrogens is 785 g/mol. The Morgan fingerprint density at radius 3 is 1.98 bits per heavy atom. The molecule has 2 aliphatic rings. The van der Waals surface area contributed by atoms with Crippen molar-refractivity contribution in [3.05, 3.63) is 102 Å². The van der Waals surface area contributed by atoms with Crippen LogP contribution in [0.25, 0.3) is 22.2 Å². The van der Waals surface area contributed by atoms with Crippen LogP contribution in [0.5, 0.6) is 0 Å². The molecule has 19 heteroatoms. The number of guanidine groups is 1. The zero-order valence-electron chi connectivity index (χ0n) is 33.1. The lowest BCUT2D eigenvalue weighted by molar-refractivity contribution is -0.135. The lowest BCUT2D eigenvalue weighted by Crippen LogP contribution is -2.59. The molecule has 0 radical (unpaired) electrons. The van der Waals surface area contributed by atoms with Crippen LogP contribution in [0.1, 0.15) is 48.0 Å². The van der Waals surface area contributed by atoms with Crippen LogP contribution in [0.2, 0.25) is 0 Å². The van der Waals surface area contributed by atoms with E-state index >= 15 is 0 Å². The Morgan fingerprint density at radius 1 is 0.721 bits per heavy atom. The van der Waals surface area contributed by atoms with E-state index in [-0.39, 0.29) is 37.3 Å². The van der Waals surface area contributed by atoms with Gasteiger partial charge in [0, 0.05) is 23.2 Å². The minimum absolute atomic E-state index is 0.0341. The highest BCUT2D eigenvalue weighted by Crippen LogP contribution is 2.32. The summed E-state index contributed by atoms with van der Waals surface area (Å²) in [6, 6.07) is 17.9. The molecule has 4 bridgehead atoms. The van der Waals surface area contributed by atoms with Crippen LogP contribution in [0.3, 0.4) is 0 Å². The molecule has 0 aliphatic carbocycles. The number of nitrogens with one attached hydrogen (secondary N) is 5. The quantitative estimate of drug-likeness (QED) is 0.0315. The molecule has 4 atom stereocenters. The zero-order chi connectivity index (χ0) is 44.1. The van der Waals surface area contributed by atoms with Crippen LogP contribution in [0, 0.1) is 0 Å². The third-order valence-corrected chi connectivity index (χ3v) is 9.58. The molecule has 15 N–H and O–H groups in total. The maximum atomic E-state index is 14.3. The Kier molecular flexibility index (Phi) is 15.0. The predicted octanol–water partition coefficient (Wildman–Crippen LogP) is -0.00970. The average molecular weight is 833 g/mol. The highest BCUT2D eigenvalue weighted by molar-refractivity contribution is 6.10. The SMILES string of the molecule is NC(=O)C[C@@H]1NC(=O)[C@H](CC(N)=O)NC(=O)[C@H](CCCN=C(N)N)NC(=O)c2cccc3c(Nc4ccccc4)cc(nc23)-c2ccc(cc2)C/C=C/C[C@@H](C(N)=O)NC1=O. The van der Waals surface area contributed by atoms with Crippen molar-refractivity contribution in [2.75, 3.05) is 11.9 Å². The molecule has 318 valence electrons. The molecule has 0 unspecified atom stereocenters. The van der Waals surface area contributed by atoms with E-state index in [4.69, 9.17) is 33.7 Å². The number of rotatable bonds is 11. The molecule has 3 aromatic carbocycles. The molecule has 61 heavy (non-hydrogen) atoms. The Morgan fingerprint density at radius 2 is 1.36 bits per heavy atom. The first kappa shape index (κ1) is 44.3. The van der Waals surface area contributed by atoms with Gasteiger partial charge in [0.1, 0.15) is 24.2 Å². The summed E-state index contributed by atoms with van der Waals surface area (Å²) in [5.41, 5.74) is 31.4. The number of carbonyl (C=O) groups excluding carboxylic acids is 7. The van der Waals surface area contributed by atoms with Gasteiger partial charge in [-0.3, -0.25) is 38.6 Å². The Hall–Kier alpha value is -7.83. The number of primary amides is 3. The number of amides is 7. The van der Waals surface area contributed by atoms with Gasteiger partial charge in [-0.1, -0.05) is 66.7 Å². The molecule has 4 aromatic rings. The van der Waals surface area contributed by atoms with Gasteiger partial charge in [-0.2, -0.15) is 0 Å². The number of hydrogen-bond donors (Lipinski definition) is 10. The predicted molar refractivity (Wildman–Crippen MR) is 228 cm³/mol.